The van der Waals surface area contributed by atoms with Crippen molar-refractivity contribution in [3.63, 3.8) is 0 Å². The second-order valence-corrected chi connectivity index (χ2v) is 5.35. The van der Waals surface area contributed by atoms with Gasteiger partial charge in [-0.15, -0.1) is 0 Å². The van der Waals surface area contributed by atoms with Crippen molar-refractivity contribution in [2.24, 2.45) is 0 Å². The van der Waals surface area contributed by atoms with E-state index in [0.29, 0.717) is 6.61 Å². The van der Waals surface area contributed by atoms with Gasteiger partial charge < -0.3 is 14.0 Å². The Hall–Kier alpha value is -2.42. The second-order valence-electron chi connectivity index (χ2n) is 5.35. The van der Waals surface area contributed by atoms with E-state index in [2.05, 4.69) is 42.7 Å². The first-order valence-electron chi connectivity index (χ1n) is 7.57. The summed E-state index contributed by atoms with van der Waals surface area (Å²) >= 11 is 0. The van der Waals surface area contributed by atoms with Crippen molar-refractivity contribution in [3.05, 3.63) is 59.8 Å². The summed E-state index contributed by atoms with van der Waals surface area (Å²) in [5.41, 5.74) is 3.77. The molecule has 0 saturated carbocycles. The molecule has 0 N–H and O–H groups in total. The van der Waals surface area contributed by atoms with E-state index in [1.807, 2.05) is 24.3 Å². The number of methoxy groups -OCH3 is 1. The molecule has 0 aliphatic rings. The predicted octanol–water partition coefficient (Wildman–Crippen LogP) is 4.56. The quantitative estimate of drug-likeness (QED) is 0.689. The molecule has 0 unspecified atom stereocenters. The number of hydrogen-bond acceptors (Lipinski definition) is 2. The summed E-state index contributed by atoms with van der Waals surface area (Å²) in [4.78, 5) is 0. The molecule has 3 rings (SSSR count). The zero-order valence-electron chi connectivity index (χ0n) is 13.3. The predicted molar refractivity (Wildman–Crippen MR) is 89.7 cm³/mol. The first-order valence-corrected chi connectivity index (χ1v) is 7.57. The van der Waals surface area contributed by atoms with Gasteiger partial charge in [0.25, 0.3) is 0 Å². The maximum absolute atomic E-state index is 5.93. The van der Waals surface area contributed by atoms with Gasteiger partial charge in [-0.2, -0.15) is 0 Å². The van der Waals surface area contributed by atoms with Crippen LogP contribution >= 0.6 is 0 Å². The van der Waals surface area contributed by atoms with Crippen LogP contribution in [0, 0.1) is 6.92 Å². The fraction of sp³-hybridized carbons (Fsp3) is 0.263. The summed E-state index contributed by atoms with van der Waals surface area (Å²) in [6, 6.07) is 16.4. The van der Waals surface area contributed by atoms with E-state index in [0.717, 1.165) is 18.0 Å². The van der Waals surface area contributed by atoms with Crippen LogP contribution in [-0.4, -0.2) is 11.7 Å². The third kappa shape index (κ3) is 2.67. The highest BCUT2D eigenvalue weighted by molar-refractivity contribution is 5.84. The van der Waals surface area contributed by atoms with Crippen LogP contribution in [0.2, 0.25) is 0 Å². The summed E-state index contributed by atoms with van der Waals surface area (Å²) in [7, 11) is 1.66. The SMILES string of the molecule is CCn1c(COc2ccc(OC)cc2)cc2c(C)cccc21. The minimum absolute atomic E-state index is 0.564. The molecule has 0 bridgehead atoms. The van der Waals surface area contributed by atoms with Gasteiger partial charge in [0, 0.05) is 17.4 Å². The molecule has 1 aromatic heterocycles. The van der Waals surface area contributed by atoms with Crippen LogP contribution in [-0.2, 0) is 13.2 Å². The number of aryl methyl sites for hydroxylation is 2. The van der Waals surface area contributed by atoms with Gasteiger partial charge in [-0.05, 0) is 55.8 Å². The van der Waals surface area contributed by atoms with Crippen LogP contribution in [0.1, 0.15) is 18.2 Å². The molecule has 3 aromatic rings. The van der Waals surface area contributed by atoms with Crippen LogP contribution in [0.15, 0.2) is 48.5 Å². The number of hydrogen-bond donors (Lipinski definition) is 0. The van der Waals surface area contributed by atoms with Crippen molar-refractivity contribution in [1.29, 1.82) is 0 Å². The van der Waals surface area contributed by atoms with E-state index >= 15 is 0 Å². The average Bonchev–Trinajstić information content (AvgIpc) is 2.92. The van der Waals surface area contributed by atoms with Gasteiger partial charge in [-0.25, -0.2) is 0 Å². The average molecular weight is 295 g/mol. The lowest BCUT2D eigenvalue weighted by Gasteiger charge is -2.10. The third-order valence-corrected chi connectivity index (χ3v) is 4.01. The summed E-state index contributed by atoms with van der Waals surface area (Å²) in [6.45, 7) is 5.82. The van der Waals surface area contributed by atoms with Crippen molar-refractivity contribution >= 4 is 10.9 Å². The van der Waals surface area contributed by atoms with E-state index in [9.17, 15) is 0 Å². The Labute approximate surface area is 131 Å². The lowest BCUT2D eigenvalue weighted by atomic mass is 10.1. The van der Waals surface area contributed by atoms with Gasteiger partial charge in [-0.1, -0.05) is 12.1 Å². The third-order valence-electron chi connectivity index (χ3n) is 4.01. The molecular formula is C19H21NO2. The van der Waals surface area contributed by atoms with Crippen molar-refractivity contribution in [3.8, 4) is 11.5 Å². The van der Waals surface area contributed by atoms with Gasteiger partial charge in [0.05, 0.1) is 12.8 Å². The summed E-state index contributed by atoms with van der Waals surface area (Å²) in [6.07, 6.45) is 0. The highest BCUT2D eigenvalue weighted by atomic mass is 16.5. The van der Waals surface area contributed by atoms with Crippen molar-refractivity contribution in [2.45, 2.75) is 27.0 Å². The van der Waals surface area contributed by atoms with E-state index in [1.54, 1.807) is 7.11 Å². The highest BCUT2D eigenvalue weighted by Gasteiger charge is 2.09. The standard InChI is InChI=1S/C19H21NO2/c1-4-20-15(12-18-14(2)6-5-7-19(18)20)13-22-17-10-8-16(21-3)9-11-17/h5-12H,4,13H2,1-3H3. The molecule has 0 radical (unpaired) electrons. The number of ether oxygens (including phenoxy) is 2. The van der Waals surface area contributed by atoms with Gasteiger partial charge in [-0.3, -0.25) is 0 Å². The fourth-order valence-electron chi connectivity index (χ4n) is 2.81. The van der Waals surface area contributed by atoms with Gasteiger partial charge in [0.2, 0.25) is 0 Å². The lowest BCUT2D eigenvalue weighted by Crippen LogP contribution is -2.04. The molecule has 0 fully saturated rings. The molecule has 3 nitrogen and oxygen atoms in total. The Kier molecular flexibility index (Phi) is 4.05. The number of nitrogens with zero attached hydrogens (tertiary/aromatic N) is 1. The fourth-order valence-corrected chi connectivity index (χ4v) is 2.81. The Bertz CT molecular complexity index is 772. The van der Waals surface area contributed by atoms with E-state index in [-0.39, 0.29) is 0 Å². The lowest BCUT2D eigenvalue weighted by molar-refractivity contribution is 0.295. The molecule has 0 saturated heterocycles. The van der Waals surface area contributed by atoms with Crippen molar-refractivity contribution < 1.29 is 9.47 Å². The van der Waals surface area contributed by atoms with Crippen molar-refractivity contribution in [2.75, 3.05) is 7.11 Å². The molecule has 0 spiro atoms. The Morgan fingerprint density at radius 3 is 2.41 bits per heavy atom. The summed E-state index contributed by atoms with van der Waals surface area (Å²) in [5, 5.41) is 1.30. The van der Waals surface area contributed by atoms with Gasteiger partial charge >= 0.3 is 0 Å². The normalized spacial score (nSPS) is 10.9. The van der Waals surface area contributed by atoms with Crippen LogP contribution in [0.5, 0.6) is 11.5 Å². The van der Waals surface area contributed by atoms with E-state index < -0.39 is 0 Å². The van der Waals surface area contributed by atoms with Gasteiger partial charge in [0.1, 0.15) is 18.1 Å². The maximum Gasteiger partial charge on any atom is 0.128 e. The maximum atomic E-state index is 5.93. The number of benzene rings is 2. The second kappa shape index (κ2) is 6.14. The van der Waals surface area contributed by atoms with Crippen LogP contribution in [0.25, 0.3) is 10.9 Å². The smallest absolute Gasteiger partial charge is 0.128 e. The monoisotopic (exact) mass is 295 g/mol. The van der Waals surface area contributed by atoms with Crippen LogP contribution < -0.4 is 9.47 Å². The first kappa shape index (κ1) is 14.5. The number of fused-ring (bicyclic) bond motifs is 1. The molecule has 0 atom stereocenters. The van der Waals surface area contributed by atoms with Crippen LogP contribution in [0.4, 0.5) is 0 Å². The zero-order valence-corrected chi connectivity index (χ0v) is 13.3. The molecule has 3 heteroatoms. The Morgan fingerprint density at radius 2 is 1.73 bits per heavy atom. The molecular weight excluding hydrogens is 274 g/mol. The van der Waals surface area contributed by atoms with Crippen molar-refractivity contribution in [1.82, 2.24) is 4.57 Å². The van der Waals surface area contributed by atoms with Gasteiger partial charge in [0.15, 0.2) is 0 Å². The number of aromatic nitrogens is 1. The van der Waals surface area contributed by atoms with Crippen LogP contribution in [0.3, 0.4) is 0 Å². The Morgan fingerprint density at radius 1 is 1.00 bits per heavy atom. The minimum Gasteiger partial charge on any atom is -0.497 e. The molecule has 114 valence electrons. The molecule has 0 aliphatic heterocycles. The Balaban J connectivity index is 1.85. The molecule has 2 aromatic carbocycles. The largest absolute Gasteiger partial charge is 0.497 e. The minimum atomic E-state index is 0.564. The highest BCUT2D eigenvalue weighted by Crippen LogP contribution is 2.25. The molecule has 1 heterocycles. The zero-order chi connectivity index (χ0) is 15.5. The number of rotatable bonds is 5. The first-order chi connectivity index (χ1) is 10.7. The molecule has 22 heavy (non-hydrogen) atoms. The topological polar surface area (TPSA) is 23.4 Å². The molecule has 0 amide bonds. The molecule has 0 aliphatic carbocycles. The summed E-state index contributed by atoms with van der Waals surface area (Å²) < 4.78 is 13.4. The van der Waals surface area contributed by atoms with E-state index in [1.165, 1.54) is 22.2 Å². The summed E-state index contributed by atoms with van der Waals surface area (Å²) in [5.74, 6) is 1.69. The van der Waals surface area contributed by atoms with E-state index in [4.69, 9.17) is 9.47 Å².